The number of para-hydroxylation sites is 5. The maximum absolute atomic E-state index is 5.52. The number of nitrogens with zero attached hydrogens (tertiary/aromatic N) is 5. The number of H-pyrrole nitrogens is 1. The minimum Gasteiger partial charge on any atom is -0.440 e. The van der Waals surface area contributed by atoms with E-state index < -0.39 is 0 Å². The van der Waals surface area contributed by atoms with Crippen molar-refractivity contribution in [1.82, 2.24) is 29.9 Å². The molecule has 0 radical (unpaired) electrons. The predicted octanol–water partition coefficient (Wildman–Crippen LogP) is 27.3. The molecule has 8 heteroatoms. The van der Waals surface area contributed by atoms with Crippen LogP contribution in [0.1, 0.15) is 302 Å². The van der Waals surface area contributed by atoms with Crippen LogP contribution in [0.2, 0.25) is 0 Å². The summed E-state index contributed by atoms with van der Waals surface area (Å²) in [5.74, 6) is 7.05. The molecule has 1 aliphatic carbocycles. The van der Waals surface area contributed by atoms with Crippen molar-refractivity contribution in [2.75, 3.05) is 0 Å². The van der Waals surface area contributed by atoms with E-state index in [2.05, 4.69) is 175 Å². The zero-order chi connectivity index (χ0) is 66.4. The first kappa shape index (κ1) is 89.8. The van der Waals surface area contributed by atoms with E-state index in [1.54, 1.807) is 17.5 Å². The van der Waals surface area contributed by atoms with Gasteiger partial charge in [-0.05, 0) is 95.3 Å². The summed E-state index contributed by atoms with van der Waals surface area (Å²) in [6.07, 6.45) is 13.0. The van der Waals surface area contributed by atoms with E-state index in [1.165, 1.54) is 52.9 Å². The minimum absolute atomic E-state index is 0. The van der Waals surface area contributed by atoms with Gasteiger partial charge in [0.15, 0.2) is 11.5 Å². The van der Waals surface area contributed by atoms with Crippen molar-refractivity contribution in [3.8, 4) is 0 Å². The summed E-state index contributed by atoms with van der Waals surface area (Å²) < 4.78 is 6.81. The first-order chi connectivity index (χ1) is 41.5. The highest BCUT2D eigenvalue weighted by Gasteiger charge is 2.16. The van der Waals surface area contributed by atoms with Gasteiger partial charge in [0.1, 0.15) is 11.3 Å². The highest BCUT2D eigenvalue weighted by Crippen LogP contribution is 2.29. The van der Waals surface area contributed by atoms with Crippen molar-refractivity contribution in [3.05, 3.63) is 186 Å². The SMILES string of the molecule is C.CC.CC.CC.CC.CC.CC.CC.CC(C)C1CCCCC1.CC(C)c1ccccc1.CC(C)c1ccccn1.CC(C)c1cccnc1.CC(C)c1nc2ccccc2[nH]1.CC(C)c1nc2ccccc2o1.CC(C)c1nc2ccccc2s1. The summed E-state index contributed by atoms with van der Waals surface area (Å²) in [5, 5.41) is 1.23. The van der Waals surface area contributed by atoms with Crippen LogP contribution in [0.25, 0.3) is 32.3 Å². The Bertz CT molecular complexity index is 2400. The number of nitrogens with one attached hydrogen (secondary N) is 1. The molecule has 1 saturated carbocycles. The molecule has 0 amide bonds. The van der Waals surface area contributed by atoms with Crippen molar-refractivity contribution < 1.29 is 4.42 Å². The van der Waals surface area contributed by atoms with Gasteiger partial charge in [0.2, 0.25) is 0 Å². The van der Waals surface area contributed by atoms with Crippen LogP contribution in [-0.4, -0.2) is 29.9 Å². The summed E-state index contributed by atoms with van der Waals surface area (Å²) >= 11 is 1.79. The number of aromatic nitrogens is 6. The molecule has 7 nitrogen and oxygen atoms in total. The average Bonchev–Trinajstić information content (AvgIpc) is 3.80. The van der Waals surface area contributed by atoms with Crippen LogP contribution in [0, 0.1) is 11.8 Å². The van der Waals surface area contributed by atoms with E-state index in [1.807, 2.05) is 194 Å². The summed E-state index contributed by atoms with van der Waals surface area (Å²) in [7, 11) is 0. The number of hydrogen-bond acceptors (Lipinski definition) is 7. The Kier molecular flexibility index (Phi) is 60.9. The van der Waals surface area contributed by atoms with Gasteiger partial charge in [-0.25, -0.2) is 15.0 Å². The van der Waals surface area contributed by atoms with Gasteiger partial charge < -0.3 is 9.40 Å². The first-order valence-electron chi connectivity index (χ1n) is 33.5. The van der Waals surface area contributed by atoms with Crippen LogP contribution in [0.5, 0.6) is 0 Å². The van der Waals surface area contributed by atoms with Gasteiger partial charge in [-0.3, -0.25) is 9.97 Å². The third kappa shape index (κ3) is 39.5. The fraction of sp³-hybridized carbons (Fsp3) is 0.532. The van der Waals surface area contributed by atoms with Crippen molar-refractivity contribution in [2.45, 2.75) is 269 Å². The third-order valence-corrected chi connectivity index (χ3v) is 13.6. The second kappa shape index (κ2) is 59.0. The largest absolute Gasteiger partial charge is 0.440 e. The van der Waals surface area contributed by atoms with E-state index in [0.717, 1.165) is 56.9 Å². The summed E-state index contributed by atoms with van der Waals surface area (Å²) in [4.78, 5) is 24.8. The number of hydrogen-bond donors (Lipinski definition) is 1. The van der Waals surface area contributed by atoms with Crippen molar-refractivity contribution in [1.29, 1.82) is 0 Å². The van der Waals surface area contributed by atoms with Gasteiger partial charge in [0.25, 0.3) is 0 Å². The molecule has 5 aromatic heterocycles. The number of fused-ring (bicyclic) bond motifs is 3. The standard InChI is InChI=1S/C10H12N2.C10H11NO.C10H11NS.C9H18.C9H12.2C8H11N.7C2H6.CH4/c3*1-7(2)10-11-8-5-3-4-6-9(8)12-10;2*1-8(2)9-6-4-3-5-7-9;1-7(2)8-4-3-5-9-6-8;1-7(2)8-5-3-4-6-9-8;7*1-2;/h3-7H,1-2H3,(H,11,12);2*3-7H,1-2H3;8-9H,3-7H2,1-2H3;3-8H,1-2H3;2*3-7H,1-2H3;7*1-2H3;1H4. The zero-order valence-corrected chi connectivity index (χ0v) is 61.0. The molecule has 1 N–H and O–H groups in total. The van der Waals surface area contributed by atoms with E-state index in [-0.39, 0.29) is 7.43 Å². The molecule has 4 aromatic carbocycles. The number of oxazole rings is 1. The lowest BCUT2D eigenvalue weighted by atomic mass is 9.82. The van der Waals surface area contributed by atoms with Crippen LogP contribution in [0.4, 0.5) is 0 Å². The number of thiazole rings is 1. The molecule has 1 fully saturated rings. The predicted molar refractivity (Wildman–Crippen MR) is 397 cm³/mol. The van der Waals surface area contributed by atoms with Crippen LogP contribution in [0.15, 0.2) is 156 Å². The van der Waals surface area contributed by atoms with Gasteiger partial charge in [-0.2, -0.15) is 0 Å². The number of rotatable bonds is 7. The Morgan fingerprint density at radius 2 is 0.920 bits per heavy atom. The molecular weight excluding hydrogens is 1080 g/mol. The molecule has 0 unspecified atom stereocenters. The van der Waals surface area contributed by atoms with Gasteiger partial charge >= 0.3 is 0 Å². The molecule has 1 aliphatic rings. The normalized spacial score (nSPS) is 10.7. The fourth-order valence-electron chi connectivity index (χ4n) is 7.59. The topological polar surface area (TPSA) is 93.4 Å². The maximum Gasteiger partial charge on any atom is 0.198 e. The number of benzene rings is 4. The van der Waals surface area contributed by atoms with Crippen LogP contribution >= 0.6 is 11.3 Å². The molecule has 0 saturated heterocycles. The number of pyridine rings is 2. The molecule has 0 atom stereocenters. The number of imidazole rings is 1. The lowest BCUT2D eigenvalue weighted by Gasteiger charge is -2.24. The van der Waals surface area contributed by atoms with E-state index in [4.69, 9.17) is 4.42 Å². The molecule has 9 aromatic rings. The third-order valence-electron chi connectivity index (χ3n) is 12.3. The van der Waals surface area contributed by atoms with Gasteiger partial charge in [0, 0.05) is 42.0 Å². The second-order valence-corrected chi connectivity index (χ2v) is 21.8. The van der Waals surface area contributed by atoms with Crippen LogP contribution in [-0.2, 0) is 0 Å². The average molecular weight is 1210 g/mol. The van der Waals surface area contributed by atoms with Crippen molar-refractivity contribution >= 4 is 43.7 Å². The molecule has 0 spiro atoms. The summed E-state index contributed by atoms with van der Waals surface area (Å²) in [6, 6.07) is 44.8. The minimum atomic E-state index is 0. The van der Waals surface area contributed by atoms with Crippen molar-refractivity contribution in [2.24, 2.45) is 11.8 Å². The van der Waals surface area contributed by atoms with Gasteiger partial charge in [-0.1, -0.05) is 312 Å². The van der Waals surface area contributed by atoms with Crippen molar-refractivity contribution in [3.63, 3.8) is 0 Å². The van der Waals surface area contributed by atoms with Crippen LogP contribution < -0.4 is 0 Å². The molecule has 490 valence electrons. The Morgan fingerprint density at radius 3 is 1.31 bits per heavy atom. The monoisotopic (exact) mass is 1210 g/mol. The summed E-state index contributed by atoms with van der Waals surface area (Å²) in [5.41, 5.74) is 9.02. The fourth-order valence-corrected chi connectivity index (χ4v) is 8.56. The highest BCUT2D eigenvalue weighted by molar-refractivity contribution is 7.18. The first-order valence-corrected chi connectivity index (χ1v) is 34.4. The maximum atomic E-state index is 5.52. The Labute approximate surface area is 541 Å². The van der Waals surface area contributed by atoms with Gasteiger partial charge in [-0.15, -0.1) is 11.3 Å². The smallest absolute Gasteiger partial charge is 0.198 e. The second-order valence-electron chi connectivity index (χ2n) is 20.7. The molecule has 0 bridgehead atoms. The van der Waals surface area contributed by atoms with E-state index in [9.17, 15) is 0 Å². The lowest BCUT2D eigenvalue weighted by molar-refractivity contribution is 0.279. The Morgan fingerprint density at radius 1 is 0.425 bits per heavy atom. The van der Waals surface area contributed by atoms with Gasteiger partial charge in [0.05, 0.1) is 26.3 Å². The number of aromatic amines is 1. The Hall–Kier alpha value is -5.99. The van der Waals surface area contributed by atoms with E-state index in [0.29, 0.717) is 35.5 Å². The quantitative estimate of drug-likeness (QED) is 0.171. The molecule has 5 heterocycles. The molecular formula is C79H132N6OS. The Balaban J connectivity index is -0.000000291. The molecule has 10 rings (SSSR count). The van der Waals surface area contributed by atoms with E-state index >= 15 is 0 Å². The van der Waals surface area contributed by atoms with Crippen LogP contribution in [0.3, 0.4) is 0 Å². The summed E-state index contributed by atoms with van der Waals surface area (Å²) in [6.45, 7) is 58.5. The molecule has 0 aliphatic heterocycles. The highest BCUT2D eigenvalue weighted by atomic mass is 32.1. The zero-order valence-electron chi connectivity index (χ0n) is 60.1. The lowest BCUT2D eigenvalue weighted by Crippen LogP contribution is -2.12. The molecule has 87 heavy (non-hydrogen) atoms.